The Kier molecular flexibility index (Phi) is 6.41. The third kappa shape index (κ3) is 5.63. The van der Waals surface area contributed by atoms with Crippen LogP contribution in [0.3, 0.4) is 0 Å². The monoisotopic (exact) mass is 494 g/mol. The third-order valence-corrected chi connectivity index (χ3v) is 6.28. The summed E-state index contributed by atoms with van der Waals surface area (Å²) in [6.07, 6.45) is -1.04. The molecule has 0 spiro atoms. The van der Waals surface area contributed by atoms with Crippen LogP contribution in [0, 0.1) is 0 Å². The molecule has 2 N–H and O–H groups in total. The average molecular weight is 495 g/mol. The van der Waals surface area contributed by atoms with Gasteiger partial charge in [0.1, 0.15) is 16.4 Å². The number of benzene rings is 2. The number of ether oxygens (including phenoxy) is 1. The number of halogens is 3. The minimum absolute atomic E-state index is 0.228. The summed E-state index contributed by atoms with van der Waals surface area (Å²) in [5.74, 6) is 1.27. The maximum Gasteiger partial charge on any atom is 0.573 e. The Hall–Kier alpha value is -3.85. The molecular formula is C26H21F3N4OS. The molecule has 5 aromatic rings. The van der Waals surface area contributed by atoms with Gasteiger partial charge in [0, 0.05) is 12.7 Å². The van der Waals surface area contributed by atoms with Gasteiger partial charge < -0.3 is 15.0 Å². The number of alkyl halides is 3. The van der Waals surface area contributed by atoms with Gasteiger partial charge in [0.25, 0.3) is 0 Å². The topological polar surface area (TPSA) is 62.8 Å². The van der Waals surface area contributed by atoms with E-state index in [2.05, 4.69) is 20.0 Å². The Morgan fingerprint density at radius 3 is 2.34 bits per heavy atom. The highest BCUT2D eigenvalue weighted by atomic mass is 32.1. The normalized spacial score (nSPS) is 11.6. The van der Waals surface area contributed by atoms with Crippen LogP contribution in [0.1, 0.15) is 12.0 Å². The van der Waals surface area contributed by atoms with Crippen molar-refractivity contribution in [3.05, 3.63) is 83.9 Å². The fourth-order valence-electron chi connectivity index (χ4n) is 3.79. The summed E-state index contributed by atoms with van der Waals surface area (Å²) in [6.45, 7) is 0.758. The van der Waals surface area contributed by atoms with E-state index < -0.39 is 6.36 Å². The van der Waals surface area contributed by atoms with E-state index in [1.165, 1.54) is 17.7 Å². The lowest BCUT2D eigenvalue weighted by atomic mass is 10.0. The summed E-state index contributed by atoms with van der Waals surface area (Å²) < 4.78 is 40.9. The number of aromatic amines is 1. The minimum atomic E-state index is -4.69. The second-order valence-corrected chi connectivity index (χ2v) is 8.81. The van der Waals surface area contributed by atoms with Crippen LogP contribution in [0.15, 0.2) is 78.3 Å². The first kappa shape index (κ1) is 22.9. The largest absolute Gasteiger partial charge is 0.573 e. The summed E-state index contributed by atoms with van der Waals surface area (Å²) >= 11 is 1.59. The zero-order valence-corrected chi connectivity index (χ0v) is 19.3. The van der Waals surface area contributed by atoms with E-state index in [0.29, 0.717) is 5.82 Å². The Labute approximate surface area is 203 Å². The summed E-state index contributed by atoms with van der Waals surface area (Å²) in [6, 6.07) is 19.8. The van der Waals surface area contributed by atoms with E-state index in [9.17, 15) is 13.2 Å². The number of nitrogens with one attached hydrogen (secondary N) is 2. The van der Waals surface area contributed by atoms with Crippen LogP contribution in [0.2, 0.25) is 0 Å². The van der Waals surface area contributed by atoms with Crippen LogP contribution < -0.4 is 10.1 Å². The molecular weight excluding hydrogens is 473 g/mol. The fraction of sp³-hybridized carbons (Fsp3) is 0.154. The molecule has 0 aliphatic rings. The van der Waals surface area contributed by atoms with Gasteiger partial charge in [-0.1, -0.05) is 36.4 Å². The molecule has 3 aromatic heterocycles. The molecule has 5 nitrogen and oxygen atoms in total. The van der Waals surface area contributed by atoms with Gasteiger partial charge in [-0.05, 0) is 65.2 Å². The molecule has 0 amide bonds. The lowest BCUT2D eigenvalue weighted by Gasteiger charge is -2.10. The van der Waals surface area contributed by atoms with Crippen LogP contribution in [-0.2, 0) is 6.42 Å². The molecule has 2 aromatic carbocycles. The number of hydrogen-bond acceptors (Lipinski definition) is 5. The lowest BCUT2D eigenvalue weighted by Crippen LogP contribution is -2.16. The summed E-state index contributed by atoms with van der Waals surface area (Å²) in [4.78, 5) is 13.5. The van der Waals surface area contributed by atoms with Gasteiger partial charge in [-0.15, -0.1) is 24.5 Å². The quantitative estimate of drug-likeness (QED) is 0.222. The Balaban J connectivity index is 1.18. The lowest BCUT2D eigenvalue weighted by molar-refractivity contribution is -0.274. The third-order valence-electron chi connectivity index (χ3n) is 5.47. The summed E-state index contributed by atoms with van der Waals surface area (Å²) in [5.41, 5.74) is 3.83. The van der Waals surface area contributed by atoms with Crippen molar-refractivity contribution in [3.63, 3.8) is 0 Å². The minimum Gasteiger partial charge on any atom is -0.406 e. The Morgan fingerprint density at radius 1 is 0.914 bits per heavy atom. The van der Waals surface area contributed by atoms with Gasteiger partial charge in [0.2, 0.25) is 0 Å². The van der Waals surface area contributed by atoms with Gasteiger partial charge >= 0.3 is 6.36 Å². The van der Waals surface area contributed by atoms with Crippen molar-refractivity contribution in [3.8, 4) is 28.4 Å². The van der Waals surface area contributed by atoms with Crippen LogP contribution in [0.5, 0.6) is 5.75 Å². The van der Waals surface area contributed by atoms with Crippen LogP contribution >= 0.6 is 11.3 Å². The molecule has 0 unspecified atom stereocenters. The molecule has 0 radical (unpaired) electrons. The maximum absolute atomic E-state index is 12.3. The number of rotatable bonds is 8. The Morgan fingerprint density at radius 2 is 1.66 bits per heavy atom. The van der Waals surface area contributed by atoms with E-state index in [-0.39, 0.29) is 5.75 Å². The summed E-state index contributed by atoms with van der Waals surface area (Å²) in [5, 5.41) is 6.49. The smallest absolute Gasteiger partial charge is 0.406 e. The van der Waals surface area contributed by atoms with Crippen LogP contribution in [-0.4, -0.2) is 27.9 Å². The number of hydrogen-bond donors (Lipinski definition) is 2. The SMILES string of the molecule is FC(F)(F)Oc1ccc(-c2ccc(CCCNc3nc(-c4ccc[nH]4)nc4sccc34)cc2)cc1. The van der Waals surface area contributed by atoms with E-state index in [1.54, 1.807) is 23.5 Å². The second-order valence-electron chi connectivity index (χ2n) is 7.92. The summed E-state index contributed by atoms with van der Waals surface area (Å²) in [7, 11) is 0. The van der Waals surface area contributed by atoms with Crippen LogP contribution in [0.4, 0.5) is 19.0 Å². The number of anilines is 1. The molecule has 35 heavy (non-hydrogen) atoms. The van der Waals surface area contributed by atoms with E-state index in [0.717, 1.165) is 52.2 Å². The van der Waals surface area contributed by atoms with Gasteiger partial charge in [-0.2, -0.15) is 0 Å². The number of aryl methyl sites for hydroxylation is 1. The predicted molar refractivity (Wildman–Crippen MR) is 133 cm³/mol. The average Bonchev–Trinajstić information content (AvgIpc) is 3.54. The number of H-pyrrole nitrogens is 1. The number of fused-ring (bicyclic) bond motifs is 1. The number of thiophene rings is 1. The van der Waals surface area contributed by atoms with Gasteiger partial charge in [-0.25, -0.2) is 9.97 Å². The zero-order valence-electron chi connectivity index (χ0n) is 18.5. The molecule has 0 saturated heterocycles. The first-order valence-corrected chi connectivity index (χ1v) is 11.9. The Bertz CT molecular complexity index is 1400. The molecule has 9 heteroatoms. The van der Waals surface area contributed by atoms with Crippen molar-refractivity contribution in [2.24, 2.45) is 0 Å². The van der Waals surface area contributed by atoms with Crippen molar-refractivity contribution in [2.45, 2.75) is 19.2 Å². The first-order valence-electron chi connectivity index (χ1n) is 11.0. The van der Waals surface area contributed by atoms with Crippen LogP contribution in [0.25, 0.3) is 32.9 Å². The molecule has 0 bridgehead atoms. The first-order chi connectivity index (χ1) is 16.9. The zero-order chi connectivity index (χ0) is 24.3. The van der Waals surface area contributed by atoms with E-state index in [1.807, 2.05) is 54.0 Å². The highest BCUT2D eigenvalue weighted by molar-refractivity contribution is 7.16. The van der Waals surface area contributed by atoms with E-state index in [4.69, 9.17) is 4.98 Å². The molecule has 5 rings (SSSR count). The van der Waals surface area contributed by atoms with Gasteiger partial charge in [0.15, 0.2) is 5.82 Å². The predicted octanol–water partition coefficient (Wildman–Crippen LogP) is 7.30. The van der Waals surface area contributed by atoms with Crippen molar-refractivity contribution in [2.75, 3.05) is 11.9 Å². The van der Waals surface area contributed by atoms with Crippen molar-refractivity contribution >= 4 is 27.4 Å². The number of aromatic nitrogens is 3. The molecule has 0 aliphatic carbocycles. The van der Waals surface area contributed by atoms with Crippen molar-refractivity contribution in [1.82, 2.24) is 15.0 Å². The standard InChI is InChI=1S/C26H21F3N4OS/c27-26(28,29)34-20-11-9-19(10-12-20)18-7-5-17(6-8-18)3-1-15-31-23-21-13-16-35-25(21)33-24(32-23)22-4-2-14-30-22/h2,4-14,16,30H,1,3,15H2,(H,31,32,33). The van der Waals surface area contributed by atoms with Gasteiger partial charge in [-0.3, -0.25) is 0 Å². The molecule has 0 saturated carbocycles. The van der Waals surface area contributed by atoms with Gasteiger partial charge in [0.05, 0.1) is 11.1 Å². The highest BCUT2D eigenvalue weighted by Gasteiger charge is 2.30. The fourth-order valence-corrected chi connectivity index (χ4v) is 4.56. The van der Waals surface area contributed by atoms with Crippen molar-refractivity contribution < 1.29 is 17.9 Å². The molecule has 0 atom stereocenters. The highest BCUT2D eigenvalue weighted by Crippen LogP contribution is 2.29. The molecule has 178 valence electrons. The number of nitrogens with zero attached hydrogens (tertiary/aromatic N) is 2. The van der Waals surface area contributed by atoms with E-state index >= 15 is 0 Å². The maximum atomic E-state index is 12.3. The molecule has 0 fully saturated rings. The second kappa shape index (κ2) is 9.79. The molecule has 3 heterocycles. The molecule has 0 aliphatic heterocycles. The van der Waals surface area contributed by atoms with Crippen molar-refractivity contribution in [1.29, 1.82) is 0 Å².